The third kappa shape index (κ3) is 9.21. The predicted octanol–water partition coefficient (Wildman–Crippen LogP) is 4.58. The molecule has 9 nitrogen and oxygen atoms in total. The SMILES string of the molecule is CC(C)c1ccc(S(=O)(=O)Nc2cc(C(=O)NCc3ccccc3)ccc2N2CCNCC2)cc1.O=C(O)C(F)(F)F. The number of carbonyl (C=O) groups excluding carboxylic acids is 1. The lowest BCUT2D eigenvalue weighted by Gasteiger charge is -2.31. The molecule has 1 amide bonds. The first kappa shape index (κ1) is 32.4. The van der Waals surface area contributed by atoms with Gasteiger partial charge in [-0.2, -0.15) is 13.2 Å². The second kappa shape index (κ2) is 14.2. The van der Waals surface area contributed by atoms with Crippen molar-refractivity contribution in [3.8, 4) is 0 Å². The average molecular weight is 607 g/mol. The summed E-state index contributed by atoms with van der Waals surface area (Å²) in [5.74, 6) is -2.71. The average Bonchev–Trinajstić information content (AvgIpc) is 2.96. The monoisotopic (exact) mass is 606 g/mol. The van der Waals surface area contributed by atoms with Crippen LogP contribution in [0.15, 0.2) is 77.7 Å². The lowest BCUT2D eigenvalue weighted by molar-refractivity contribution is -0.192. The molecule has 226 valence electrons. The van der Waals surface area contributed by atoms with Crippen molar-refractivity contribution in [3.63, 3.8) is 0 Å². The zero-order chi connectivity index (χ0) is 30.9. The number of halogens is 3. The molecule has 0 aromatic heterocycles. The quantitative estimate of drug-likeness (QED) is 0.296. The van der Waals surface area contributed by atoms with E-state index < -0.39 is 22.2 Å². The Kier molecular flexibility index (Phi) is 10.9. The number of hydrogen-bond donors (Lipinski definition) is 4. The third-order valence-electron chi connectivity index (χ3n) is 6.36. The van der Waals surface area contributed by atoms with Crippen LogP contribution in [0.4, 0.5) is 24.5 Å². The van der Waals surface area contributed by atoms with Crippen LogP contribution in [0.5, 0.6) is 0 Å². The van der Waals surface area contributed by atoms with Gasteiger partial charge in [0.1, 0.15) is 0 Å². The van der Waals surface area contributed by atoms with Gasteiger partial charge in [-0.05, 0) is 47.4 Å². The molecule has 1 fully saturated rings. The molecule has 0 unspecified atom stereocenters. The standard InChI is InChI=1S/C27H32N4O3S.C2HF3O2/c1-20(2)22-8-11-24(12-9-22)35(33,34)30-25-18-23(10-13-26(25)31-16-14-28-15-17-31)27(32)29-19-21-6-4-3-5-7-21;3-2(4,5)1(6)7/h3-13,18,20,28,30H,14-17,19H2,1-2H3,(H,29,32);(H,6,7). The first-order valence-corrected chi connectivity index (χ1v) is 14.6. The lowest BCUT2D eigenvalue weighted by Crippen LogP contribution is -2.43. The zero-order valence-corrected chi connectivity index (χ0v) is 23.9. The van der Waals surface area contributed by atoms with Gasteiger partial charge in [-0.15, -0.1) is 0 Å². The lowest BCUT2D eigenvalue weighted by atomic mass is 10.0. The summed E-state index contributed by atoms with van der Waals surface area (Å²) < 4.78 is 61.0. The van der Waals surface area contributed by atoms with Crippen molar-refractivity contribution in [1.29, 1.82) is 0 Å². The smallest absolute Gasteiger partial charge is 0.475 e. The van der Waals surface area contributed by atoms with E-state index >= 15 is 0 Å². The highest BCUT2D eigenvalue weighted by atomic mass is 32.2. The van der Waals surface area contributed by atoms with Crippen LogP contribution in [0.3, 0.4) is 0 Å². The third-order valence-corrected chi connectivity index (χ3v) is 7.74. The summed E-state index contributed by atoms with van der Waals surface area (Å²) >= 11 is 0. The molecule has 0 saturated carbocycles. The van der Waals surface area contributed by atoms with Crippen LogP contribution in [-0.2, 0) is 21.4 Å². The number of piperazine rings is 1. The number of sulfonamides is 1. The van der Waals surface area contributed by atoms with E-state index in [1.165, 1.54) is 0 Å². The molecule has 1 aliphatic rings. The van der Waals surface area contributed by atoms with E-state index in [1.807, 2.05) is 48.5 Å². The van der Waals surface area contributed by atoms with Crippen LogP contribution >= 0.6 is 0 Å². The molecule has 4 N–H and O–H groups in total. The van der Waals surface area contributed by atoms with Gasteiger partial charge in [0.15, 0.2) is 0 Å². The maximum atomic E-state index is 13.3. The van der Waals surface area contributed by atoms with Crippen LogP contribution < -0.4 is 20.3 Å². The van der Waals surface area contributed by atoms with Gasteiger partial charge in [-0.3, -0.25) is 9.52 Å². The number of hydrogen-bond acceptors (Lipinski definition) is 6. The van der Waals surface area contributed by atoms with E-state index in [4.69, 9.17) is 9.90 Å². The summed E-state index contributed by atoms with van der Waals surface area (Å²) in [4.78, 5) is 24.1. The maximum Gasteiger partial charge on any atom is 0.490 e. The Bertz CT molecular complexity index is 1460. The normalized spacial score (nSPS) is 13.6. The van der Waals surface area contributed by atoms with Gasteiger partial charge < -0.3 is 20.6 Å². The molecular weight excluding hydrogens is 573 g/mol. The Balaban J connectivity index is 0.000000616. The van der Waals surface area contributed by atoms with Gasteiger partial charge in [0.05, 0.1) is 16.3 Å². The maximum absolute atomic E-state index is 13.3. The molecule has 0 spiro atoms. The van der Waals surface area contributed by atoms with Gasteiger partial charge in [0.25, 0.3) is 15.9 Å². The van der Waals surface area contributed by atoms with E-state index in [0.29, 0.717) is 23.7 Å². The Morgan fingerprint density at radius 3 is 2.12 bits per heavy atom. The van der Waals surface area contributed by atoms with Crippen LogP contribution in [-0.4, -0.2) is 57.8 Å². The van der Waals surface area contributed by atoms with E-state index in [-0.39, 0.29) is 10.8 Å². The van der Waals surface area contributed by atoms with Crippen LogP contribution in [0.2, 0.25) is 0 Å². The van der Waals surface area contributed by atoms with Crippen molar-refractivity contribution < 1.29 is 36.3 Å². The van der Waals surface area contributed by atoms with Crippen molar-refractivity contribution in [3.05, 3.63) is 89.5 Å². The number of anilines is 2. The molecule has 0 radical (unpaired) electrons. The van der Waals surface area contributed by atoms with E-state index in [9.17, 15) is 26.4 Å². The van der Waals surface area contributed by atoms with Crippen LogP contribution in [0.25, 0.3) is 0 Å². The van der Waals surface area contributed by atoms with E-state index in [0.717, 1.165) is 43.0 Å². The van der Waals surface area contributed by atoms with Gasteiger partial charge in [0.2, 0.25) is 0 Å². The number of nitrogens with one attached hydrogen (secondary N) is 3. The highest BCUT2D eigenvalue weighted by Gasteiger charge is 2.38. The molecule has 0 aliphatic carbocycles. The highest BCUT2D eigenvalue weighted by molar-refractivity contribution is 7.92. The molecule has 4 rings (SSSR count). The molecule has 3 aromatic carbocycles. The fourth-order valence-electron chi connectivity index (χ4n) is 4.06. The van der Waals surface area contributed by atoms with Crippen molar-refractivity contribution in [1.82, 2.24) is 10.6 Å². The Hall–Kier alpha value is -4.10. The van der Waals surface area contributed by atoms with Gasteiger partial charge in [0, 0.05) is 38.3 Å². The molecule has 13 heteroatoms. The van der Waals surface area contributed by atoms with Gasteiger partial charge in [-0.25, -0.2) is 13.2 Å². The Morgan fingerprint density at radius 2 is 1.57 bits per heavy atom. The number of carbonyl (C=O) groups is 2. The number of carboxylic acid groups (broad SMARTS) is 1. The minimum atomic E-state index is -5.08. The van der Waals surface area contributed by atoms with E-state index in [2.05, 4.69) is 34.1 Å². The molecular formula is C29H33F3N4O5S. The van der Waals surface area contributed by atoms with Crippen molar-refractivity contribution in [2.24, 2.45) is 0 Å². The van der Waals surface area contributed by atoms with Gasteiger partial charge >= 0.3 is 12.1 Å². The summed E-state index contributed by atoms with van der Waals surface area (Å²) in [6.07, 6.45) is -5.08. The summed E-state index contributed by atoms with van der Waals surface area (Å²) in [6, 6.07) is 21.8. The molecule has 1 aliphatic heterocycles. The zero-order valence-electron chi connectivity index (χ0n) is 23.1. The van der Waals surface area contributed by atoms with E-state index in [1.54, 1.807) is 24.3 Å². The highest BCUT2D eigenvalue weighted by Crippen LogP contribution is 2.30. The molecule has 42 heavy (non-hydrogen) atoms. The topological polar surface area (TPSA) is 128 Å². The number of amides is 1. The number of aliphatic carboxylic acids is 1. The van der Waals surface area contributed by atoms with Crippen molar-refractivity contribution in [2.45, 2.75) is 37.4 Å². The number of nitrogens with zero attached hydrogens (tertiary/aromatic N) is 1. The Labute approximate surface area is 242 Å². The number of alkyl halides is 3. The summed E-state index contributed by atoms with van der Waals surface area (Å²) in [5, 5.41) is 13.3. The summed E-state index contributed by atoms with van der Waals surface area (Å²) in [5.41, 5.74) is 3.61. The fraction of sp³-hybridized carbons (Fsp3) is 0.310. The second-order valence-corrected chi connectivity index (χ2v) is 11.5. The largest absolute Gasteiger partial charge is 0.490 e. The summed E-state index contributed by atoms with van der Waals surface area (Å²) in [6.45, 7) is 7.63. The second-order valence-electron chi connectivity index (χ2n) is 9.77. The first-order chi connectivity index (χ1) is 19.8. The minimum Gasteiger partial charge on any atom is -0.475 e. The Morgan fingerprint density at radius 1 is 0.976 bits per heavy atom. The summed E-state index contributed by atoms with van der Waals surface area (Å²) in [7, 11) is -3.84. The number of benzene rings is 3. The molecule has 0 atom stereocenters. The molecule has 3 aromatic rings. The van der Waals surface area contributed by atoms with Gasteiger partial charge in [-0.1, -0.05) is 56.3 Å². The molecule has 0 bridgehead atoms. The molecule has 1 heterocycles. The van der Waals surface area contributed by atoms with Crippen LogP contribution in [0, 0.1) is 0 Å². The van der Waals surface area contributed by atoms with Crippen molar-refractivity contribution >= 4 is 33.3 Å². The molecule has 1 saturated heterocycles. The fourth-order valence-corrected chi connectivity index (χ4v) is 5.12. The minimum absolute atomic E-state index is 0.187. The predicted molar refractivity (Wildman–Crippen MR) is 154 cm³/mol. The number of rotatable bonds is 8. The van der Waals surface area contributed by atoms with Crippen LogP contribution in [0.1, 0.15) is 41.3 Å². The van der Waals surface area contributed by atoms with Crippen molar-refractivity contribution in [2.75, 3.05) is 35.8 Å². The number of carboxylic acids is 1. The first-order valence-electron chi connectivity index (χ1n) is 13.1.